The van der Waals surface area contributed by atoms with Crippen LogP contribution in [0.5, 0.6) is 0 Å². The Bertz CT molecular complexity index is 2810. The zero-order valence-electron chi connectivity index (χ0n) is 26.5. The first-order valence-electron chi connectivity index (χ1n) is 16.3. The topological polar surface area (TPSA) is 77.6 Å². The second kappa shape index (κ2) is 11.5. The molecule has 0 spiro atoms. The van der Waals surface area contributed by atoms with E-state index in [9.17, 15) is 0 Å². The predicted octanol–water partition coefficient (Wildman–Crippen LogP) is 11.3. The average Bonchev–Trinajstić information content (AvgIpc) is 3.77. The lowest BCUT2D eigenvalue weighted by molar-refractivity contribution is 0.669. The number of rotatable bonds is 5. The molecule has 0 N–H and O–H groups in total. The van der Waals surface area contributed by atoms with Crippen LogP contribution < -0.4 is 0 Å². The van der Waals surface area contributed by atoms with Gasteiger partial charge in [-0.3, -0.25) is 0 Å². The van der Waals surface area contributed by atoms with Crippen LogP contribution in [0.25, 0.3) is 99.1 Å². The Kier molecular flexibility index (Phi) is 6.57. The number of hydrogen-bond donors (Lipinski definition) is 0. The van der Waals surface area contributed by atoms with Crippen LogP contribution in [0.3, 0.4) is 0 Å². The molecule has 0 radical (unpaired) electrons. The molecule has 0 amide bonds. The molecule has 0 saturated heterocycles. The Labute approximate surface area is 290 Å². The highest BCUT2D eigenvalue weighted by atomic mass is 32.1. The molecular weight excluding hydrogens is 635 g/mol. The highest BCUT2D eigenvalue weighted by Crippen LogP contribution is 2.42. The van der Waals surface area contributed by atoms with Gasteiger partial charge in [0.2, 0.25) is 0 Å². The van der Waals surface area contributed by atoms with Gasteiger partial charge < -0.3 is 4.42 Å². The van der Waals surface area contributed by atoms with E-state index in [0.717, 1.165) is 71.1 Å². The number of benzene rings is 6. The van der Waals surface area contributed by atoms with Gasteiger partial charge in [-0.25, -0.2) is 24.9 Å². The van der Waals surface area contributed by atoms with Gasteiger partial charge >= 0.3 is 0 Å². The minimum Gasteiger partial charge on any atom is -0.456 e. The SMILES string of the molecule is c1ccc(-c2nc(-c3ccccc3)nc(-c3ccc(-c4nc(-c5cccc6oc7ccccc7c56)nc5c4sc4ccccc45)cc3)n2)cc1. The summed E-state index contributed by atoms with van der Waals surface area (Å²) in [5.74, 6) is 2.53. The number of fused-ring (bicyclic) bond motifs is 6. The molecule has 0 atom stereocenters. The average molecular weight is 660 g/mol. The molecule has 4 aromatic heterocycles. The third-order valence-corrected chi connectivity index (χ3v) is 10.1. The quantitative estimate of drug-likeness (QED) is 0.183. The summed E-state index contributed by atoms with van der Waals surface area (Å²) in [5.41, 5.74) is 8.17. The van der Waals surface area contributed by atoms with Crippen molar-refractivity contribution in [3.63, 3.8) is 0 Å². The summed E-state index contributed by atoms with van der Waals surface area (Å²) in [6, 6.07) is 51.0. The molecule has 6 nitrogen and oxygen atoms in total. The van der Waals surface area contributed by atoms with Crippen molar-refractivity contribution in [2.24, 2.45) is 0 Å². The predicted molar refractivity (Wildman–Crippen MR) is 203 cm³/mol. The highest BCUT2D eigenvalue weighted by Gasteiger charge is 2.20. The van der Waals surface area contributed by atoms with Crippen molar-refractivity contribution in [2.75, 3.05) is 0 Å². The molecule has 10 aromatic rings. The first kappa shape index (κ1) is 28.4. The van der Waals surface area contributed by atoms with Crippen LogP contribution in [0.4, 0.5) is 0 Å². The van der Waals surface area contributed by atoms with Gasteiger partial charge in [-0.1, -0.05) is 133 Å². The lowest BCUT2D eigenvalue weighted by atomic mass is 10.0. The van der Waals surface area contributed by atoms with Gasteiger partial charge in [0.05, 0.1) is 15.9 Å². The van der Waals surface area contributed by atoms with Crippen LogP contribution in [-0.2, 0) is 0 Å². The second-order valence-electron chi connectivity index (χ2n) is 12.1. The van der Waals surface area contributed by atoms with Crippen molar-refractivity contribution in [1.29, 1.82) is 0 Å². The van der Waals surface area contributed by atoms with E-state index in [1.165, 1.54) is 4.70 Å². The van der Waals surface area contributed by atoms with E-state index in [2.05, 4.69) is 60.7 Å². The standard InChI is InChI=1S/C43H25N5OS/c1-3-12-27(13-4-1)40-46-41(28-14-5-2-6-15-28)48-42(47-40)29-24-22-26(23-25-29)37-39-38(31-17-8-10-21-35(31)50-39)45-43(44-37)32-18-11-20-34-36(32)30-16-7-9-19-33(30)49-34/h1-25H. The molecule has 0 unspecified atom stereocenters. The molecule has 0 bridgehead atoms. The molecule has 10 rings (SSSR count). The van der Waals surface area contributed by atoms with E-state index >= 15 is 0 Å². The van der Waals surface area contributed by atoms with Gasteiger partial charge in [0, 0.05) is 48.7 Å². The molecule has 0 aliphatic heterocycles. The Morgan fingerprint density at radius 1 is 0.400 bits per heavy atom. The molecule has 50 heavy (non-hydrogen) atoms. The molecule has 0 fully saturated rings. The van der Waals surface area contributed by atoms with E-state index in [4.69, 9.17) is 29.3 Å². The summed E-state index contributed by atoms with van der Waals surface area (Å²) < 4.78 is 8.45. The first-order chi connectivity index (χ1) is 24.8. The molecule has 4 heterocycles. The first-order valence-corrected chi connectivity index (χ1v) is 17.2. The van der Waals surface area contributed by atoms with Gasteiger partial charge in [-0.15, -0.1) is 11.3 Å². The summed E-state index contributed by atoms with van der Waals surface area (Å²) in [6.07, 6.45) is 0. The van der Waals surface area contributed by atoms with E-state index in [1.54, 1.807) is 11.3 Å². The van der Waals surface area contributed by atoms with Crippen molar-refractivity contribution in [2.45, 2.75) is 0 Å². The lowest BCUT2D eigenvalue weighted by Crippen LogP contribution is -2.00. The molecule has 0 aliphatic carbocycles. The van der Waals surface area contributed by atoms with Crippen LogP contribution in [0.2, 0.25) is 0 Å². The van der Waals surface area contributed by atoms with Crippen LogP contribution in [0, 0.1) is 0 Å². The molecule has 6 aromatic carbocycles. The lowest BCUT2D eigenvalue weighted by Gasteiger charge is -2.10. The maximum atomic E-state index is 6.23. The molecule has 7 heteroatoms. The fourth-order valence-electron chi connectivity index (χ4n) is 6.58. The van der Waals surface area contributed by atoms with E-state index < -0.39 is 0 Å². The number of hydrogen-bond acceptors (Lipinski definition) is 7. The monoisotopic (exact) mass is 659 g/mol. The largest absolute Gasteiger partial charge is 0.456 e. The zero-order valence-corrected chi connectivity index (χ0v) is 27.3. The van der Waals surface area contributed by atoms with Gasteiger partial charge in [-0.2, -0.15) is 0 Å². The summed E-state index contributed by atoms with van der Waals surface area (Å²) in [4.78, 5) is 25.2. The number of thiophene rings is 1. The van der Waals surface area contributed by atoms with Crippen molar-refractivity contribution in [3.05, 3.63) is 152 Å². The minimum absolute atomic E-state index is 0.609. The second-order valence-corrected chi connectivity index (χ2v) is 13.1. The highest BCUT2D eigenvalue weighted by molar-refractivity contribution is 7.26. The Morgan fingerprint density at radius 3 is 1.66 bits per heavy atom. The number of aromatic nitrogens is 5. The van der Waals surface area contributed by atoms with E-state index in [1.807, 2.05) is 91.0 Å². The number of para-hydroxylation sites is 1. The summed E-state index contributed by atoms with van der Waals surface area (Å²) in [6.45, 7) is 0. The molecule has 0 aliphatic rings. The van der Waals surface area contributed by atoms with Crippen molar-refractivity contribution in [1.82, 2.24) is 24.9 Å². The van der Waals surface area contributed by atoms with Gasteiger partial charge in [0.15, 0.2) is 23.3 Å². The normalized spacial score (nSPS) is 11.6. The van der Waals surface area contributed by atoms with Gasteiger partial charge in [0.1, 0.15) is 11.2 Å². The third kappa shape index (κ3) is 4.75. The summed E-state index contributed by atoms with van der Waals surface area (Å²) >= 11 is 1.72. The third-order valence-electron chi connectivity index (χ3n) is 8.98. The van der Waals surface area contributed by atoms with Crippen molar-refractivity contribution in [3.8, 4) is 56.8 Å². The van der Waals surface area contributed by atoms with Gasteiger partial charge in [-0.05, 0) is 18.2 Å². The van der Waals surface area contributed by atoms with Gasteiger partial charge in [0.25, 0.3) is 0 Å². The van der Waals surface area contributed by atoms with Crippen LogP contribution in [0.15, 0.2) is 156 Å². The summed E-state index contributed by atoms with van der Waals surface area (Å²) in [7, 11) is 0. The van der Waals surface area contributed by atoms with Crippen molar-refractivity contribution < 1.29 is 4.42 Å². The fraction of sp³-hybridized carbons (Fsp3) is 0. The van der Waals surface area contributed by atoms with Crippen LogP contribution in [-0.4, -0.2) is 24.9 Å². The summed E-state index contributed by atoms with van der Waals surface area (Å²) in [5, 5.41) is 3.18. The number of furan rings is 1. The van der Waals surface area contributed by atoms with E-state index in [-0.39, 0.29) is 0 Å². The van der Waals surface area contributed by atoms with Crippen molar-refractivity contribution >= 4 is 53.6 Å². The van der Waals surface area contributed by atoms with Crippen LogP contribution >= 0.6 is 11.3 Å². The fourth-order valence-corrected chi connectivity index (χ4v) is 7.74. The Balaban J connectivity index is 1.15. The van der Waals surface area contributed by atoms with E-state index in [0.29, 0.717) is 23.3 Å². The number of nitrogens with zero attached hydrogens (tertiary/aromatic N) is 5. The zero-order chi connectivity index (χ0) is 33.0. The van der Waals surface area contributed by atoms with Crippen LogP contribution in [0.1, 0.15) is 0 Å². The Hall–Kier alpha value is -6.57. The molecular formula is C43H25N5OS. The Morgan fingerprint density at radius 2 is 0.960 bits per heavy atom. The maximum absolute atomic E-state index is 6.23. The smallest absolute Gasteiger partial charge is 0.164 e. The maximum Gasteiger partial charge on any atom is 0.164 e. The molecule has 0 saturated carbocycles. The molecule has 234 valence electrons. The minimum atomic E-state index is 0.609.